The van der Waals surface area contributed by atoms with Gasteiger partial charge in [0.05, 0.1) is 6.42 Å². The summed E-state index contributed by atoms with van der Waals surface area (Å²) in [5, 5.41) is 12.4. The van der Waals surface area contributed by atoms with Crippen LogP contribution in [-0.2, 0) is 10.5 Å². The number of nitrogens with one attached hydrogen (secondary N) is 4. The third kappa shape index (κ3) is 1.87. The summed E-state index contributed by atoms with van der Waals surface area (Å²) in [6.45, 7) is 0. The van der Waals surface area contributed by atoms with Crippen molar-refractivity contribution in [1.29, 1.82) is 0 Å². The van der Waals surface area contributed by atoms with Gasteiger partial charge in [-0.05, 0) is 32.3 Å². The van der Waals surface area contributed by atoms with E-state index >= 15 is 0 Å². The van der Waals surface area contributed by atoms with Gasteiger partial charge in [0.2, 0.25) is 5.91 Å². The van der Waals surface area contributed by atoms with Crippen LogP contribution in [-0.4, -0.2) is 27.1 Å². The second-order valence-corrected chi connectivity index (χ2v) is 4.14. The summed E-state index contributed by atoms with van der Waals surface area (Å²) in [6, 6.07) is 5.91. The predicted octanol–water partition coefficient (Wildman–Crippen LogP) is 0.662. The zero-order valence-electron chi connectivity index (χ0n) is 10.3. The van der Waals surface area contributed by atoms with Crippen molar-refractivity contribution in [1.82, 2.24) is 10.6 Å². The standard InChI is InChI=1S/C12H18N4O/c1-13-8-4-5-10-9(6-8)12(14-2,15-3)7-11(17)16-10/h4-6,13-15H,7H2,1-3H3,(H,16,17). The molecule has 1 aromatic rings. The molecule has 17 heavy (non-hydrogen) atoms. The van der Waals surface area contributed by atoms with Crippen LogP contribution in [0.4, 0.5) is 11.4 Å². The third-order valence-corrected chi connectivity index (χ3v) is 3.32. The number of fused-ring (bicyclic) bond motifs is 1. The van der Waals surface area contributed by atoms with Gasteiger partial charge in [0.15, 0.2) is 0 Å². The van der Waals surface area contributed by atoms with Crippen LogP contribution in [0.1, 0.15) is 12.0 Å². The molecule has 0 spiro atoms. The summed E-state index contributed by atoms with van der Waals surface area (Å²) < 4.78 is 0. The molecule has 0 aliphatic carbocycles. The second kappa shape index (κ2) is 4.35. The first kappa shape index (κ1) is 11.9. The van der Waals surface area contributed by atoms with Gasteiger partial charge in [-0.15, -0.1) is 0 Å². The summed E-state index contributed by atoms with van der Waals surface area (Å²) in [6.07, 6.45) is 0.375. The van der Waals surface area contributed by atoms with E-state index in [1.807, 2.05) is 39.3 Å². The first-order chi connectivity index (χ1) is 8.15. The van der Waals surface area contributed by atoms with Crippen molar-refractivity contribution in [2.75, 3.05) is 31.8 Å². The number of amides is 1. The minimum absolute atomic E-state index is 0.0124. The van der Waals surface area contributed by atoms with Crippen LogP contribution < -0.4 is 21.3 Å². The molecule has 1 amide bonds. The molecular weight excluding hydrogens is 216 g/mol. The minimum atomic E-state index is -0.496. The number of carbonyl (C=O) groups excluding carboxylic acids is 1. The fourth-order valence-corrected chi connectivity index (χ4v) is 2.26. The highest BCUT2D eigenvalue weighted by Crippen LogP contribution is 2.35. The predicted molar refractivity (Wildman–Crippen MR) is 69.0 cm³/mol. The topological polar surface area (TPSA) is 65.2 Å². The number of benzene rings is 1. The molecule has 0 radical (unpaired) electrons. The smallest absolute Gasteiger partial charge is 0.227 e. The van der Waals surface area contributed by atoms with E-state index in [4.69, 9.17) is 0 Å². The van der Waals surface area contributed by atoms with Gasteiger partial charge in [0, 0.05) is 24.0 Å². The average Bonchev–Trinajstić information content (AvgIpc) is 2.37. The van der Waals surface area contributed by atoms with Gasteiger partial charge in [-0.2, -0.15) is 0 Å². The van der Waals surface area contributed by atoms with Crippen molar-refractivity contribution in [2.45, 2.75) is 12.1 Å². The molecule has 0 fully saturated rings. The average molecular weight is 234 g/mol. The summed E-state index contributed by atoms with van der Waals surface area (Å²) in [5.74, 6) is 0.0124. The first-order valence-corrected chi connectivity index (χ1v) is 5.65. The van der Waals surface area contributed by atoms with Gasteiger partial charge in [0.25, 0.3) is 0 Å². The molecule has 0 aromatic heterocycles. The Hall–Kier alpha value is -1.59. The lowest BCUT2D eigenvalue weighted by molar-refractivity contribution is -0.118. The molecule has 0 saturated heterocycles. The van der Waals surface area contributed by atoms with Gasteiger partial charge < -0.3 is 10.6 Å². The van der Waals surface area contributed by atoms with Gasteiger partial charge in [-0.3, -0.25) is 15.4 Å². The van der Waals surface area contributed by atoms with E-state index in [1.54, 1.807) is 0 Å². The number of rotatable bonds is 3. The fraction of sp³-hybridized carbons (Fsp3) is 0.417. The Kier molecular flexibility index (Phi) is 3.04. The van der Waals surface area contributed by atoms with Crippen LogP contribution in [0.25, 0.3) is 0 Å². The molecule has 1 aliphatic heterocycles. The summed E-state index contributed by atoms with van der Waals surface area (Å²) >= 11 is 0. The van der Waals surface area contributed by atoms with Crippen LogP contribution >= 0.6 is 0 Å². The second-order valence-electron chi connectivity index (χ2n) is 4.14. The van der Waals surface area contributed by atoms with Crippen LogP contribution in [0.5, 0.6) is 0 Å². The highest BCUT2D eigenvalue weighted by Gasteiger charge is 2.37. The lowest BCUT2D eigenvalue weighted by atomic mass is 9.90. The van der Waals surface area contributed by atoms with E-state index in [9.17, 15) is 4.79 Å². The van der Waals surface area contributed by atoms with Gasteiger partial charge >= 0.3 is 0 Å². The normalized spacial score (nSPS) is 17.2. The SMILES string of the molecule is CNc1ccc2c(c1)C(NC)(NC)CC(=O)N2. The molecule has 0 atom stereocenters. The van der Waals surface area contributed by atoms with Crippen molar-refractivity contribution in [3.63, 3.8) is 0 Å². The molecule has 92 valence electrons. The molecule has 2 rings (SSSR count). The van der Waals surface area contributed by atoms with E-state index < -0.39 is 5.66 Å². The van der Waals surface area contributed by atoms with Gasteiger partial charge in [0.1, 0.15) is 5.66 Å². The molecule has 0 bridgehead atoms. The van der Waals surface area contributed by atoms with E-state index in [0.29, 0.717) is 6.42 Å². The van der Waals surface area contributed by atoms with Crippen LogP contribution in [0.2, 0.25) is 0 Å². The lowest BCUT2D eigenvalue weighted by Gasteiger charge is -2.38. The molecule has 5 heteroatoms. The van der Waals surface area contributed by atoms with E-state index in [1.165, 1.54) is 0 Å². The Balaban J connectivity index is 2.56. The Bertz CT molecular complexity index is 440. The maximum Gasteiger partial charge on any atom is 0.227 e. The van der Waals surface area contributed by atoms with Crippen molar-refractivity contribution < 1.29 is 4.79 Å². The van der Waals surface area contributed by atoms with Crippen LogP contribution in [0, 0.1) is 0 Å². The Morgan fingerprint density at radius 2 is 1.94 bits per heavy atom. The maximum absolute atomic E-state index is 11.7. The van der Waals surface area contributed by atoms with Gasteiger partial charge in [-0.1, -0.05) is 0 Å². The van der Waals surface area contributed by atoms with Crippen LogP contribution in [0.15, 0.2) is 18.2 Å². The van der Waals surface area contributed by atoms with Gasteiger partial charge in [-0.25, -0.2) is 0 Å². The van der Waals surface area contributed by atoms with Crippen molar-refractivity contribution in [3.8, 4) is 0 Å². The van der Waals surface area contributed by atoms with E-state index in [0.717, 1.165) is 16.9 Å². The lowest BCUT2D eigenvalue weighted by Crippen LogP contribution is -2.55. The highest BCUT2D eigenvalue weighted by molar-refractivity contribution is 5.95. The third-order valence-electron chi connectivity index (χ3n) is 3.32. The monoisotopic (exact) mass is 234 g/mol. The Morgan fingerprint density at radius 1 is 1.24 bits per heavy atom. The first-order valence-electron chi connectivity index (χ1n) is 5.65. The number of hydrogen-bond acceptors (Lipinski definition) is 4. The van der Waals surface area contributed by atoms with Crippen molar-refractivity contribution in [3.05, 3.63) is 23.8 Å². The molecule has 1 aliphatic rings. The Labute approximate surface area is 101 Å². The number of carbonyl (C=O) groups is 1. The molecule has 1 heterocycles. The van der Waals surface area contributed by atoms with Crippen LogP contribution in [0.3, 0.4) is 0 Å². The molecule has 0 saturated carbocycles. The summed E-state index contributed by atoms with van der Waals surface area (Å²) in [7, 11) is 5.58. The summed E-state index contributed by atoms with van der Waals surface area (Å²) in [5.41, 5.74) is 2.43. The quantitative estimate of drug-likeness (QED) is 0.580. The zero-order valence-corrected chi connectivity index (χ0v) is 10.3. The van der Waals surface area contributed by atoms with E-state index in [-0.39, 0.29) is 5.91 Å². The number of hydrogen-bond donors (Lipinski definition) is 4. The summed E-state index contributed by atoms with van der Waals surface area (Å²) in [4.78, 5) is 11.7. The molecule has 4 N–H and O–H groups in total. The molecule has 5 nitrogen and oxygen atoms in total. The molecular formula is C12H18N4O. The largest absolute Gasteiger partial charge is 0.388 e. The minimum Gasteiger partial charge on any atom is -0.388 e. The highest BCUT2D eigenvalue weighted by atomic mass is 16.1. The molecule has 0 unspecified atom stereocenters. The molecule has 1 aromatic carbocycles. The Morgan fingerprint density at radius 3 is 2.53 bits per heavy atom. The fourth-order valence-electron chi connectivity index (χ4n) is 2.26. The van der Waals surface area contributed by atoms with Crippen molar-refractivity contribution >= 4 is 17.3 Å². The van der Waals surface area contributed by atoms with Crippen molar-refractivity contribution in [2.24, 2.45) is 0 Å². The van der Waals surface area contributed by atoms with E-state index in [2.05, 4.69) is 21.3 Å². The number of anilines is 2. The zero-order chi connectivity index (χ0) is 12.5. The maximum atomic E-state index is 11.7.